The number of carboxylic acids is 2. The lowest BCUT2D eigenvalue weighted by Crippen LogP contribution is -2.70. The predicted molar refractivity (Wildman–Crippen MR) is 65.4 cm³/mol. The summed E-state index contributed by atoms with van der Waals surface area (Å²) in [5.74, 6) is -1.68. The Morgan fingerprint density at radius 2 is 1.50 bits per heavy atom. The lowest BCUT2D eigenvalue weighted by atomic mass is 9.43. The van der Waals surface area contributed by atoms with Crippen molar-refractivity contribution in [2.45, 2.75) is 37.6 Å². The standard InChI is InChI=1S/C12H17NO4.ClH/c13-12(10(16)17)7-1-6-2-8(12)5-11(3-6,4-7)9(14)15;/h6-8H,1-5,13H2,(H,14,15)(H,16,17);1H. The highest BCUT2D eigenvalue weighted by molar-refractivity contribution is 5.85. The summed E-state index contributed by atoms with van der Waals surface area (Å²) in [6.07, 6.45) is 3.17. The maximum Gasteiger partial charge on any atom is 0.324 e. The Morgan fingerprint density at radius 1 is 1.00 bits per heavy atom. The third-order valence-electron chi connectivity index (χ3n) is 5.36. The second-order valence-corrected chi connectivity index (χ2v) is 6.17. The van der Waals surface area contributed by atoms with Crippen LogP contribution in [0.25, 0.3) is 0 Å². The molecule has 4 aliphatic rings. The highest BCUT2D eigenvalue weighted by Gasteiger charge is 2.66. The molecule has 0 aromatic heterocycles. The summed E-state index contributed by atoms with van der Waals surface area (Å²) in [6, 6.07) is 0. The lowest BCUT2D eigenvalue weighted by Gasteiger charge is -2.61. The lowest BCUT2D eigenvalue weighted by molar-refractivity contribution is -0.183. The Hall–Kier alpha value is -0.810. The van der Waals surface area contributed by atoms with Gasteiger partial charge in [-0.15, -0.1) is 12.4 Å². The second-order valence-electron chi connectivity index (χ2n) is 6.17. The first-order valence-electron chi connectivity index (χ1n) is 6.14. The van der Waals surface area contributed by atoms with Crippen LogP contribution in [0, 0.1) is 23.2 Å². The van der Waals surface area contributed by atoms with E-state index < -0.39 is 22.9 Å². The molecule has 0 aromatic rings. The second kappa shape index (κ2) is 3.84. The molecule has 18 heavy (non-hydrogen) atoms. The van der Waals surface area contributed by atoms with Gasteiger partial charge in [-0.1, -0.05) is 0 Å². The van der Waals surface area contributed by atoms with Crippen molar-refractivity contribution in [1.82, 2.24) is 0 Å². The molecular weight excluding hydrogens is 258 g/mol. The third-order valence-corrected chi connectivity index (χ3v) is 5.36. The number of nitrogens with two attached hydrogens (primary N) is 1. The van der Waals surface area contributed by atoms with E-state index in [1.54, 1.807) is 0 Å². The van der Waals surface area contributed by atoms with Crippen molar-refractivity contribution in [3.63, 3.8) is 0 Å². The minimum absolute atomic E-state index is 0. The number of rotatable bonds is 2. The average molecular weight is 276 g/mol. The molecule has 0 radical (unpaired) electrons. The van der Waals surface area contributed by atoms with Crippen molar-refractivity contribution in [2.24, 2.45) is 28.9 Å². The summed E-state index contributed by atoms with van der Waals surface area (Å²) in [5, 5.41) is 18.8. The number of carbonyl (C=O) groups is 2. The zero-order valence-corrected chi connectivity index (χ0v) is 10.8. The SMILES string of the molecule is Cl.NC1(C(=O)O)C2CC3CC1CC(C(=O)O)(C3)C2. The van der Waals surface area contributed by atoms with Gasteiger partial charge >= 0.3 is 11.9 Å². The molecule has 4 rings (SSSR count). The van der Waals surface area contributed by atoms with Crippen LogP contribution in [-0.2, 0) is 9.59 Å². The van der Waals surface area contributed by atoms with Crippen molar-refractivity contribution in [1.29, 1.82) is 0 Å². The van der Waals surface area contributed by atoms with Crippen LogP contribution < -0.4 is 5.73 Å². The predicted octanol–water partition coefficient (Wildman–Crippen LogP) is 1.10. The van der Waals surface area contributed by atoms with E-state index in [2.05, 4.69) is 0 Å². The molecule has 0 amide bonds. The van der Waals surface area contributed by atoms with Gasteiger partial charge in [-0.3, -0.25) is 9.59 Å². The van der Waals surface area contributed by atoms with E-state index in [1.165, 1.54) is 0 Å². The summed E-state index contributed by atoms with van der Waals surface area (Å²) >= 11 is 0. The summed E-state index contributed by atoms with van der Waals surface area (Å²) < 4.78 is 0. The zero-order valence-electron chi connectivity index (χ0n) is 9.96. The van der Waals surface area contributed by atoms with E-state index in [4.69, 9.17) is 5.73 Å². The van der Waals surface area contributed by atoms with Crippen LogP contribution >= 0.6 is 12.4 Å². The number of carboxylic acid groups (broad SMARTS) is 2. The summed E-state index contributed by atoms with van der Waals surface area (Å²) in [5.41, 5.74) is 4.23. The van der Waals surface area contributed by atoms with Crippen LogP contribution in [0.5, 0.6) is 0 Å². The average Bonchev–Trinajstić information content (AvgIpc) is 2.24. The van der Waals surface area contributed by atoms with E-state index in [-0.39, 0.29) is 24.2 Å². The maximum atomic E-state index is 11.4. The first kappa shape index (κ1) is 13.6. The van der Waals surface area contributed by atoms with Crippen LogP contribution in [0.4, 0.5) is 0 Å². The smallest absolute Gasteiger partial charge is 0.324 e. The van der Waals surface area contributed by atoms with Crippen LogP contribution in [-0.4, -0.2) is 27.7 Å². The first-order chi connectivity index (χ1) is 7.88. The monoisotopic (exact) mass is 275 g/mol. The Bertz CT molecular complexity index is 395. The molecule has 2 unspecified atom stereocenters. The number of aliphatic carboxylic acids is 2. The van der Waals surface area contributed by atoms with Crippen molar-refractivity contribution in [3.8, 4) is 0 Å². The van der Waals surface area contributed by atoms with Gasteiger partial charge in [-0.05, 0) is 49.9 Å². The third kappa shape index (κ3) is 1.43. The van der Waals surface area contributed by atoms with Crippen LogP contribution in [0.15, 0.2) is 0 Å². The molecule has 4 fully saturated rings. The molecular formula is C12H18ClNO4. The Labute approximate surface area is 111 Å². The molecule has 0 aliphatic heterocycles. The first-order valence-corrected chi connectivity index (χ1v) is 6.14. The Kier molecular flexibility index (Phi) is 2.91. The number of hydrogen-bond donors (Lipinski definition) is 3. The molecule has 0 heterocycles. The van der Waals surface area contributed by atoms with Crippen molar-refractivity contribution < 1.29 is 19.8 Å². The quantitative estimate of drug-likeness (QED) is 0.701. The molecule has 0 aromatic carbocycles. The van der Waals surface area contributed by atoms with Crippen molar-refractivity contribution in [2.75, 3.05) is 0 Å². The van der Waals surface area contributed by atoms with Crippen molar-refractivity contribution in [3.05, 3.63) is 0 Å². The largest absolute Gasteiger partial charge is 0.481 e. The zero-order chi connectivity index (χ0) is 12.4. The summed E-state index contributed by atoms with van der Waals surface area (Å²) in [6.45, 7) is 0. The van der Waals surface area contributed by atoms with Gasteiger partial charge in [-0.25, -0.2) is 0 Å². The van der Waals surface area contributed by atoms with Gasteiger partial charge in [0, 0.05) is 0 Å². The van der Waals surface area contributed by atoms with E-state index in [9.17, 15) is 19.8 Å². The topological polar surface area (TPSA) is 101 Å². The molecule has 0 spiro atoms. The highest BCUT2D eigenvalue weighted by atomic mass is 35.5. The maximum absolute atomic E-state index is 11.4. The normalized spacial score (nSPS) is 48.6. The van der Waals surface area contributed by atoms with E-state index in [1.807, 2.05) is 0 Å². The minimum atomic E-state index is -1.18. The van der Waals surface area contributed by atoms with E-state index >= 15 is 0 Å². The van der Waals surface area contributed by atoms with E-state index in [0.29, 0.717) is 25.2 Å². The fourth-order valence-corrected chi connectivity index (χ4v) is 4.65. The van der Waals surface area contributed by atoms with Gasteiger partial charge in [0.25, 0.3) is 0 Å². The van der Waals surface area contributed by atoms with Gasteiger partial charge in [0.2, 0.25) is 0 Å². The molecule has 6 heteroatoms. The molecule has 2 atom stereocenters. The Morgan fingerprint density at radius 3 is 1.89 bits per heavy atom. The van der Waals surface area contributed by atoms with Crippen molar-refractivity contribution >= 4 is 24.3 Å². The van der Waals surface area contributed by atoms with Crippen LogP contribution in [0.1, 0.15) is 32.1 Å². The van der Waals surface area contributed by atoms with E-state index in [0.717, 1.165) is 12.8 Å². The van der Waals surface area contributed by atoms with Gasteiger partial charge in [0.1, 0.15) is 5.54 Å². The molecule has 4 N–H and O–H groups in total. The van der Waals surface area contributed by atoms with Gasteiger partial charge in [0.05, 0.1) is 5.41 Å². The van der Waals surface area contributed by atoms with Gasteiger partial charge < -0.3 is 15.9 Å². The highest BCUT2D eigenvalue weighted by Crippen LogP contribution is 2.62. The molecule has 102 valence electrons. The fourth-order valence-electron chi connectivity index (χ4n) is 4.65. The summed E-state index contributed by atoms with van der Waals surface area (Å²) in [7, 11) is 0. The number of halogens is 1. The minimum Gasteiger partial charge on any atom is -0.481 e. The molecule has 5 nitrogen and oxygen atoms in total. The molecule has 4 aliphatic carbocycles. The molecule has 4 bridgehead atoms. The molecule has 0 saturated heterocycles. The van der Waals surface area contributed by atoms with Gasteiger partial charge in [0.15, 0.2) is 0 Å². The van der Waals surface area contributed by atoms with Crippen LogP contribution in [0.3, 0.4) is 0 Å². The number of hydrogen-bond acceptors (Lipinski definition) is 3. The molecule has 4 saturated carbocycles. The fraction of sp³-hybridized carbons (Fsp3) is 0.833. The van der Waals surface area contributed by atoms with Crippen LogP contribution in [0.2, 0.25) is 0 Å². The summed E-state index contributed by atoms with van der Waals surface area (Å²) in [4.78, 5) is 22.9. The Balaban J connectivity index is 0.00000120. The van der Waals surface area contributed by atoms with Gasteiger partial charge in [-0.2, -0.15) is 0 Å².